The van der Waals surface area contributed by atoms with Crippen LogP contribution in [-0.2, 0) is 4.79 Å². The van der Waals surface area contributed by atoms with Gasteiger partial charge in [-0.1, -0.05) is 0 Å². The van der Waals surface area contributed by atoms with Gasteiger partial charge in [-0.15, -0.1) is 0 Å². The van der Waals surface area contributed by atoms with Gasteiger partial charge in [-0.25, -0.2) is 4.98 Å². The molecule has 0 N–H and O–H groups in total. The predicted molar refractivity (Wildman–Crippen MR) is 104 cm³/mol. The highest BCUT2D eigenvalue weighted by atomic mass is 16.5. The Kier molecular flexibility index (Phi) is 6.15. The minimum absolute atomic E-state index is 0.0205. The number of imidazole rings is 1. The number of aromatic nitrogens is 2. The molecule has 3 rings (SSSR count). The molecule has 0 spiro atoms. The van der Waals surface area contributed by atoms with Crippen LogP contribution in [0.1, 0.15) is 40.7 Å². The van der Waals surface area contributed by atoms with Crippen LogP contribution in [0.2, 0.25) is 0 Å². The standard InChI is InChI=1S/C22H22N2O3/c1-17-15-19(7-10-21(17)27-14-4-2-3-13-25)22(26)18-5-8-20(9-6-18)24-12-11-23-16-24/h5-13,15-16H,2-4,14H2,1H3. The Morgan fingerprint density at radius 2 is 1.89 bits per heavy atom. The maximum absolute atomic E-state index is 12.7. The van der Waals surface area contributed by atoms with Gasteiger partial charge in [-0.3, -0.25) is 4.79 Å². The quantitative estimate of drug-likeness (QED) is 0.326. The molecule has 0 bridgehead atoms. The molecule has 1 heterocycles. The summed E-state index contributed by atoms with van der Waals surface area (Å²) in [5.74, 6) is 0.751. The first-order valence-corrected chi connectivity index (χ1v) is 8.99. The molecule has 1 aromatic heterocycles. The van der Waals surface area contributed by atoms with Crippen LogP contribution in [0.5, 0.6) is 5.75 Å². The third kappa shape index (κ3) is 4.70. The third-order valence-corrected chi connectivity index (χ3v) is 4.34. The first kappa shape index (κ1) is 18.6. The van der Waals surface area contributed by atoms with Gasteiger partial charge in [0.2, 0.25) is 0 Å². The lowest BCUT2D eigenvalue weighted by molar-refractivity contribution is -0.107. The van der Waals surface area contributed by atoms with Gasteiger partial charge in [0, 0.05) is 35.6 Å². The highest BCUT2D eigenvalue weighted by molar-refractivity contribution is 6.09. The summed E-state index contributed by atoms with van der Waals surface area (Å²) >= 11 is 0. The Morgan fingerprint density at radius 3 is 2.56 bits per heavy atom. The van der Waals surface area contributed by atoms with Crippen LogP contribution in [0, 0.1) is 6.92 Å². The van der Waals surface area contributed by atoms with Crippen LogP contribution in [0.15, 0.2) is 61.2 Å². The Balaban J connectivity index is 1.66. The van der Waals surface area contributed by atoms with Gasteiger partial charge in [0.15, 0.2) is 5.78 Å². The van der Waals surface area contributed by atoms with Gasteiger partial charge in [-0.05, 0) is 67.8 Å². The average molecular weight is 362 g/mol. The molecule has 0 aliphatic rings. The van der Waals surface area contributed by atoms with E-state index in [9.17, 15) is 9.59 Å². The SMILES string of the molecule is Cc1cc(C(=O)c2ccc(-n3ccnc3)cc2)ccc1OCCCCC=O. The third-order valence-electron chi connectivity index (χ3n) is 4.34. The normalized spacial score (nSPS) is 10.6. The molecule has 0 fully saturated rings. The fraction of sp³-hybridized carbons (Fsp3) is 0.227. The van der Waals surface area contributed by atoms with Gasteiger partial charge < -0.3 is 14.1 Å². The molecule has 0 radical (unpaired) electrons. The molecule has 2 aromatic carbocycles. The van der Waals surface area contributed by atoms with Crippen LogP contribution in [-0.4, -0.2) is 28.2 Å². The van der Waals surface area contributed by atoms with E-state index in [-0.39, 0.29) is 5.78 Å². The van der Waals surface area contributed by atoms with Crippen LogP contribution in [0.25, 0.3) is 5.69 Å². The zero-order valence-electron chi connectivity index (χ0n) is 15.3. The van der Waals surface area contributed by atoms with E-state index < -0.39 is 0 Å². The van der Waals surface area contributed by atoms with Crippen molar-refractivity contribution in [2.45, 2.75) is 26.2 Å². The Bertz CT molecular complexity index is 900. The van der Waals surface area contributed by atoms with Gasteiger partial charge in [-0.2, -0.15) is 0 Å². The number of nitrogens with zero attached hydrogens (tertiary/aromatic N) is 2. The largest absolute Gasteiger partial charge is 0.493 e. The highest BCUT2D eigenvalue weighted by Gasteiger charge is 2.11. The number of ketones is 1. The second-order valence-corrected chi connectivity index (χ2v) is 6.34. The number of rotatable bonds is 9. The summed E-state index contributed by atoms with van der Waals surface area (Å²) in [6, 6.07) is 12.9. The summed E-state index contributed by atoms with van der Waals surface area (Å²) in [6.07, 6.45) is 8.45. The van der Waals surface area contributed by atoms with Crippen molar-refractivity contribution >= 4 is 12.1 Å². The number of hydrogen-bond acceptors (Lipinski definition) is 4. The van der Waals surface area contributed by atoms with Gasteiger partial charge >= 0.3 is 0 Å². The summed E-state index contributed by atoms with van der Waals surface area (Å²) in [5.41, 5.74) is 3.15. The first-order valence-electron chi connectivity index (χ1n) is 8.99. The Labute approximate surface area is 158 Å². The van der Waals surface area contributed by atoms with E-state index in [1.54, 1.807) is 18.6 Å². The number of carbonyl (C=O) groups excluding carboxylic acids is 2. The molecule has 27 heavy (non-hydrogen) atoms. The minimum atomic E-state index is -0.0205. The fourth-order valence-corrected chi connectivity index (χ4v) is 2.83. The number of unbranched alkanes of at least 4 members (excludes halogenated alkanes) is 2. The molecule has 0 saturated heterocycles. The lowest BCUT2D eigenvalue weighted by Crippen LogP contribution is -2.04. The number of hydrogen-bond donors (Lipinski definition) is 0. The van der Waals surface area contributed by atoms with Crippen LogP contribution in [0.4, 0.5) is 0 Å². The van der Waals surface area contributed by atoms with E-state index in [4.69, 9.17) is 4.74 Å². The summed E-state index contributed by atoms with van der Waals surface area (Å²) in [6.45, 7) is 2.50. The minimum Gasteiger partial charge on any atom is -0.493 e. The zero-order valence-corrected chi connectivity index (χ0v) is 15.3. The Hall–Kier alpha value is -3.21. The van der Waals surface area contributed by atoms with Crippen molar-refractivity contribution in [3.63, 3.8) is 0 Å². The first-order chi connectivity index (χ1) is 13.2. The van der Waals surface area contributed by atoms with E-state index in [0.717, 1.165) is 36.1 Å². The summed E-state index contributed by atoms with van der Waals surface area (Å²) < 4.78 is 7.63. The monoisotopic (exact) mass is 362 g/mol. The molecule has 0 aliphatic heterocycles. The van der Waals surface area contributed by atoms with E-state index in [2.05, 4.69) is 4.98 Å². The number of ether oxygens (including phenoxy) is 1. The van der Waals surface area contributed by atoms with Gasteiger partial charge in [0.25, 0.3) is 0 Å². The average Bonchev–Trinajstić information content (AvgIpc) is 3.23. The zero-order chi connectivity index (χ0) is 19.1. The highest BCUT2D eigenvalue weighted by Crippen LogP contribution is 2.22. The van der Waals surface area contributed by atoms with E-state index >= 15 is 0 Å². The molecule has 138 valence electrons. The predicted octanol–water partition coefficient (Wildman–Crippen LogP) is 4.16. The van der Waals surface area contributed by atoms with Gasteiger partial charge in [0.1, 0.15) is 12.0 Å². The second kappa shape index (κ2) is 8.94. The molecule has 0 saturated carbocycles. The molecule has 0 amide bonds. The van der Waals surface area contributed by atoms with Crippen molar-refractivity contribution in [1.29, 1.82) is 0 Å². The van der Waals surface area contributed by atoms with Crippen molar-refractivity contribution < 1.29 is 14.3 Å². The molecule has 5 heteroatoms. The van der Waals surface area contributed by atoms with E-state index in [1.807, 2.05) is 54.1 Å². The maximum atomic E-state index is 12.7. The van der Waals surface area contributed by atoms with Crippen LogP contribution in [0.3, 0.4) is 0 Å². The van der Waals surface area contributed by atoms with Crippen molar-refractivity contribution in [3.8, 4) is 11.4 Å². The van der Waals surface area contributed by atoms with Crippen LogP contribution >= 0.6 is 0 Å². The topological polar surface area (TPSA) is 61.2 Å². The molecule has 5 nitrogen and oxygen atoms in total. The lowest BCUT2D eigenvalue weighted by atomic mass is 10.0. The maximum Gasteiger partial charge on any atom is 0.193 e. The number of aryl methyl sites for hydroxylation is 1. The summed E-state index contributed by atoms with van der Waals surface area (Å²) in [5, 5.41) is 0. The van der Waals surface area contributed by atoms with E-state index in [0.29, 0.717) is 24.2 Å². The van der Waals surface area contributed by atoms with Crippen molar-refractivity contribution in [2.75, 3.05) is 6.61 Å². The molecular formula is C22H22N2O3. The molecule has 3 aromatic rings. The molecule has 0 unspecified atom stereocenters. The summed E-state index contributed by atoms with van der Waals surface area (Å²) in [7, 11) is 0. The summed E-state index contributed by atoms with van der Waals surface area (Å²) in [4.78, 5) is 27.1. The van der Waals surface area contributed by atoms with Crippen LogP contribution < -0.4 is 4.74 Å². The van der Waals surface area contributed by atoms with Crippen molar-refractivity contribution in [1.82, 2.24) is 9.55 Å². The molecular weight excluding hydrogens is 340 g/mol. The number of benzene rings is 2. The number of aldehydes is 1. The van der Waals surface area contributed by atoms with E-state index in [1.165, 1.54) is 0 Å². The number of carbonyl (C=O) groups is 2. The molecule has 0 aliphatic carbocycles. The fourth-order valence-electron chi connectivity index (χ4n) is 2.83. The smallest absolute Gasteiger partial charge is 0.193 e. The Morgan fingerprint density at radius 1 is 1.11 bits per heavy atom. The van der Waals surface area contributed by atoms with Crippen molar-refractivity contribution in [3.05, 3.63) is 77.9 Å². The van der Waals surface area contributed by atoms with Gasteiger partial charge in [0.05, 0.1) is 12.9 Å². The lowest BCUT2D eigenvalue weighted by Gasteiger charge is -2.10. The second-order valence-electron chi connectivity index (χ2n) is 6.34. The molecule has 0 atom stereocenters. The van der Waals surface area contributed by atoms with Crippen molar-refractivity contribution in [2.24, 2.45) is 0 Å².